The number of anilines is 1. The molecule has 0 spiro atoms. The molecule has 6 heteroatoms. The standard InChI is InChI=1S/C15H18N2O3S/c1-10-13(11(2)20-17-10)8-21-9-15(19)16-14-6-4-3-5-12(14)7-18/h3-6,18H,7-9H2,1-2H3,(H,16,19). The van der Waals surface area contributed by atoms with Gasteiger partial charge in [-0.3, -0.25) is 4.79 Å². The van der Waals surface area contributed by atoms with Crippen molar-refractivity contribution in [3.05, 3.63) is 46.8 Å². The third-order valence-electron chi connectivity index (χ3n) is 3.12. The lowest BCUT2D eigenvalue weighted by molar-refractivity contribution is -0.113. The minimum absolute atomic E-state index is 0.0901. The zero-order chi connectivity index (χ0) is 15.2. The van der Waals surface area contributed by atoms with Gasteiger partial charge >= 0.3 is 0 Å². The van der Waals surface area contributed by atoms with Crippen LogP contribution in [0.15, 0.2) is 28.8 Å². The number of aliphatic hydroxyl groups is 1. The molecule has 0 saturated carbocycles. The summed E-state index contributed by atoms with van der Waals surface area (Å²) in [5.74, 6) is 1.73. The van der Waals surface area contributed by atoms with Crippen LogP contribution in [0.2, 0.25) is 0 Å². The van der Waals surface area contributed by atoms with E-state index in [4.69, 9.17) is 4.52 Å². The first kappa shape index (κ1) is 15.6. The Balaban J connectivity index is 1.85. The second kappa shape index (κ2) is 7.28. The second-order valence-corrected chi connectivity index (χ2v) is 5.64. The molecule has 1 aromatic carbocycles. The number of nitrogens with one attached hydrogen (secondary N) is 1. The lowest BCUT2D eigenvalue weighted by Gasteiger charge is -2.09. The first-order chi connectivity index (χ1) is 10.1. The molecule has 0 aliphatic carbocycles. The molecule has 1 heterocycles. The molecule has 2 N–H and O–H groups in total. The van der Waals surface area contributed by atoms with Crippen LogP contribution < -0.4 is 5.32 Å². The third kappa shape index (κ3) is 4.09. The minimum atomic E-state index is -0.0946. The van der Waals surface area contributed by atoms with Crippen molar-refractivity contribution < 1.29 is 14.4 Å². The first-order valence-electron chi connectivity index (χ1n) is 6.60. The molecule has 1 amide bonds. The SMILES string of the molecule is Cc1noc(C)c1CSCC(=O)Nc1ccccc1CO. The van der Waals surface area contributed by atoms with E-state index >= 15 is 0 Å². The number of hydrogen-bond donors (Lipinski definition) is 2. The van der Waals surface area contributed by atoms with E-state index in [9.17, 15) is 9.90 Å². The normalized spacial score (nSPS) is 10.6. The van der Waals surface area contributed by atoms with Crippen LogP contribution in [0.5, 0.6) is 0 Å². The number of rotatable bonds is 6. The summed E-state index contributed by atoms with van der Waals surface area (Å²) in [7, 11) is 0. The third-order valence-corrected chi connectivity index (χ3v) is 4.08. The number of aromatic nitrogens is 1. The molecular weight excluding hydrogens is 288 g/mol. The number of hydrogen-bond acceptors (Lipinski definition) is 5. The lowest BCUT2D eigenvalue weighted by Crippen LogP contribution is -2.15. The first-order valence-corrected chi connectivity index (χ1v) is 7.75. The van der Waals surface area contributed by atoms with E-state index in [0.29, 0.717) is 22.8 Å². The number of carbonyl (C=O) groups is 1. The van der Waals surface area contributed by atoms with Crippen LogP contribution >= 0.6 is 11.8 Å². The number of aryl methyl sites for hydroxylation is 2. The number of amides is 1. The molecule has 5 nitrogen and oxygen atoms in total. The Hall–Kier alpha value is -1.79. The van der Waals surface area contributed by atoms with Gasteiger partial charge in [0.05, 0.1) is 18.1 Å². The highest BCUT2D eigenvalue weighted by Crippen LogP contribution is 2.20. The van der Waals surface area contributed by atoms with Gasteiger partial charge in [-0.25, -0.2) is 0 Å². The molecule has 0 aliphatic heterocycles. The zero-order valence-corrected chi connectivity index (χ0v) is 12.9. The predicted molar refractivity (Wildman–Crippen MR) is 83.1 cm³/mol. The van der Waals surface area contributed by atoms with Crippen molar-refractivity contribution in [2.45, 2.75) is 26.2 Å². The Morgan fingerprint density at radius 2 is 2.14 bits per heavy atom. The van der Waals surface area contributed by atoms with Gasteiger partial charge in [0.1, 0.15) is 5.76 Å². The molecule has 2 aromatic rings. The van der Waals surface area contributed by atoms with Crippen LogP contribution in [0.4, 0.5) is 5.69 Å². The highest BCUT2D eigenvalue weighted by Gasteiger charge is 2.11. The number of para-hydroxylation sites is 1. The molecule has 21 heavy (non-hydrogen) atoms. The molecule has 0 saturated heterocycles. The Labute approximate surface area is 127 Å². The maximum atomic E-state index is 11.9. The van der Waals surface area contributed by atoms with E-state index < -0.39 is 0 Å². The molecule has 2 rings (SSSR count). The molecule has 0 radical (unpaired) electrons. The highest BCUT2D eigenvalue weighted by molar-refractivity contribution is 7.99. The Bertz CT molecular complexity index is 606. The van der Waals surface area contributed by atoms with Crippen LogP contribution in [-0.4, -0.2) is 21.9 Å². The number of carbonyl (C=O) groups excluding carboxylic acids is 1. The summed E-state index contributed by atoms with van der Waals surface area (Å²) in [4.78, 5) is 11.9. The highest BCUT2D eigenvalue weighted by atomic mass is 32.2. The fourth-order valence-corrected chi connectivity index (χ4v) is 2.90. The van der Waals surface area contributed by atoms with E-state index in [-0.39, 0.29) is 12.5 Å². The minimum Gasteiger partial charge on any atom is -0.392 e. The zero-order valence-electron chi connectivity index (χ0n) is 12.0. The second-order valence-electron chi connectivity index (χ2n) is 4.66. The molecule has 0 aliphatic rings. The van der Waals surface area contributed by atoms with Crippen molar-refractivity contribution in [3.63, 3.8) is 0 Å². The van der Waals surface area contributed by atoms with E-state index in [1.165, 1.54) is 11.8 Å². The Kier molecular flexibility index (Phi) is 5.41. The van der Waals surface area contributed by atoms with Gasteiger partial charge in [0.2, 0.25) is 5.91 Å². The van der Waals surface area contributed by atoms with Gasteiger partial charge in [-0.2, -0.15) is 0 Å². The van der Waals surface area contributed by atoms with Crippen molar-refractivity contribution in [1.82, 2.24) is 5.16 Å². The summed E-state index contributed by atoms with van der Waals surface area (Å²) in [5.41, 5.74) is 3.28. The van der Waals surface area contributed by atoms with E-state index in [1.54, 1.807) is 12.1 Å². The molecule has 1 aromatic heterocycles. The average Bonchev–Trinajstić information content (AvgIpc) is 2.79. The van der Waals surface area contributed by atoms with Gasteiger partial charge < -0.3 is 14.9 Å². The topological polar surface area (TPSA) is 75.4 Å². The van der Waals surface area contributed by atoms with Crippen LogP contribution in [0, 0.1) is 13.8 Å². The van der Waals surface area contributed by atoms with Gasteiger partial charge in [-0.1, -0.05) is 23.4 Å². The number of aliphatic hydroxyl groups excluding tert-OH is 1. The van der Waals surface area contributed by atoms with Gasteiger partial charge in [0.25, 0.3) is 0 Å². The summed E-state index contributed by atoms with van der Waals surface area (Å²) >= 11 is 1.51. The molecule has 112 valence electrons. The maximum absolute atomic E-state index is 11.9. The van der Waals surface area contributed by atoms with Crippen LogP contribution in [0.3, 0.4) is 0 Å². The van der Waals surface area contributed by atoms with E-state index in [1.807, 2.05) is 26.0 Å². The molecule has 0 bridgehead atoms. The smallest absolute Gasteiger partial charge is 0.234 e. The number of thioether (sulfide) groups is 1. The maximum Gasteiger partial charge on any atom is 0.234 e. The summed E-state index contributed by atoms with van der Waals surface area (Å²) in [5, 5.41) is 15.9. The average molecular weight is 306 g/mol. The molecule has 0 fully saturated rings. The Morgan fingerprint density at radius 3 is 2.81 bits per heavy atom. The quantitative estimate of drug-likeness (QED) is 0.858. The lowest BCUT2D eigenvalue weighted by atomic mass is 10.2. The van der Waals surface area contributed by atoms with Gasteiger partial charge in [0, 0.05) is 22.6 Å². The van der Waals surface area contributed by atoms with Crippen molar-refractivity contribution >= 4 is 23.4 Å². The van der Waals surface area contributed by atoms with Crippen LogP contribution in [0.1, 0.15) is 22.6 Å². The van der Waals surface area contributed by atoms with Gasteiger partial charge in [0.15, 0.2) is 0 Å². The van der Waals surface area contributed by atoms with E-state index in [0.717, 1.165) is 17.0 Å². The molecule has 0 unspecified atom stereocenters. The summed E-state index contributed by atoms with van der Waals surface area (Å²) in [6, 6.07) is 7.22. The Morgan fingerprint density at radius 1 is 1.38 bits per heavy atom. The van der Waals surface area contributed by atoms with E-state index in [2.05, 4.69) is 10.5 Å². The fourth-order valence-electron chi connectivity index (χ4n) is 1.92. The van der Waals surface area contributed by atoms with Crippen molar-refractivity contribution in [2.24, 2.45) is 0 Å². The summed E-state index contributed by atoms with van der Waals surface area (Å²) in [6.45, 7) is 3.67. The number of nitrogens with zero attached hydrogens (tertiary/aromatic N) is 1. The van der Waals surface area contributed by atoms with Crippen LogP contribution in [-0.2, 0) is 17.2 Å². The van der Waals surface area contributed by atoms with Gasteiger partial charge in [-0.15, -0.1) is 11.8 Å². The monoisotopic (exact) mass is 306 g/mol. The molecular formula is C15H18N2O3S. The molecule has 0 atom stereocenters. The van der Waals surface area contributed by atoms with Crippen LogP contribution in [0.25, 0.3) is 0 Å². The largest absolute Gasteiger partial charge is 0.392 e. The van der Waals surface area contributed by atoms with Crippen molar-refractivity contribution in [3.8, 4) is 0 Å². The summed E-state index contributed by atoms with van der Waals surface area (Å²) < 4.78 is 5.09. The fraction of sp³-hybridized carbons (Fsp3) is 0.333. The van der Waals surface area contributed by atoms with Gasteiger partial charge in [-0.05, 0) is 19.9 Å². The van der Waals surface area contributed by atoms with Crippen molar-refractivity contribution in [2.75, 3.05) is 11.1 Å². The van der Waals surface area contributed by atoms with Crippen molar-refractivity contribution in [1.29, 1.82) is 0 Å². The predicted octanol–water partition coefficient (Wildman–Crippen LogP) is 2.66. The number of benzene rings is 1. The summed E-state index contributed by atoms with van der Waals surface area (Å²) in [6.07, 6.45) is 0.